The van der Waals surface area contributed by atoms with Crippen molar-refractivity contribution in [2.75, 3.05) is 6.54 Å². The minimum Gasteiger partial charge on any atom is -0.313 e. The molecule has 0 saturated heterocycles. The molecule has 2 unspecified atom stereocenters. The van der Waals surface area contributed by atoms with Gasteiger partial charge in [-0.1, -0.05) is 38.8 Å². The topological polar surface area (TPSA) is 24.9 Å². The van der Waals surface area contributed by atoms with Gasteiger partial charge < -0.3 is 5.32 Å². The maximum absolute atomic E-state index is 5.86. The number of nitrogens with one attached hydrogen (secondary N) is 1. The SMILES string of the molecule is CCCC(NCC)C(CC)Sc1ccc(Cl)cn1. The molecule has 0 fully saturated rings. The number of aromatic nitrogens is 1. The Labute approximate surface area is 120 Å². The summed E-state index contributed by atoms with van der Waals surface area (Å²) in [6.07, 6.45) is 5.29. The van der Waals surface area contributed by atoms with Crippen molar-refractivity contribution in [2.24, 2.45) is 0 Å². The van der Waals surface area contributed by atoms with E-state index in [0.717, 1.165) is 18.0 Å². The van der Waals surface area contributed by atoms with Crippen LogP contribution in [-0.2, 0) is 0 Å². The van der Waals surface area contributed by atoms with Gasteiger partial charge >= 0.3 is 0 Å². The molecule has 1 aromatic heterocycles. The Morgan fingerprint density at radius 1 is 1.33 bits per heavy atom. The van der Waals surface area contributed by atoms with Crippen LogP contribution >= 0.6 is 23.4 Å². The predicted molar refractivity (Wildman–Crippen MR) is 81.6 cm³/mol. The second kappa shape index (κ2) is 8.78. The van der Waals surface area contributed by atoms with Crippen LogP contribution in [-0.4, -0.2) is 22.8 Å². The Bertz CT molecular complexity index is 323. The van der Waals surface area contributed by atoms with Gasteiger partial charge in [-0.15, -0.1) is 11.8 Å². The van der Waals surface area contributed by atoms with Crippen LogP contribution in [0.2, 0.25) is 5.02 Å². The van der Waals surface area contributed by atoms with Gasteiger partial charge in [0.25, 0.3) is 0 Å². The fourth-order valence-electron chi connectivity index (χ4n) is 2.03. The summed E-state index contributed by atoms with van der Waals surface area (Å²) >= 11 is 7.71. The third-order valence-corrected chi connectivity index (χ3v) is 4.56. The molecule has 2 atom stereocenters. The van der Waals surface area contributed by atoms with E-state index < -0.39 is 0 Å². The van der Waals surface area contributed by atoms with Gasteiger partial charge in [-0.05, 0) is 31.5 Å². The third-order valence-electron chi connectivity index (χ3n) is 2.89. The molecule has 1 aromatic rings. The first-order valence-corrected chi connectivity index (χ1v) is 7.98. The zero-order valence-electron chi connectivity index (χ0n) is 11.4. The van der Waals surface area contributed by atoms with Crippen LogP contribution in [0.1, 0.15) is 40.0 Å². The van der Waals surface area contributed by atoms with Crippen molar-refractivity contribution in [3.05, 3.63) is 23.4 Å². The van der Waals surface area contributed by atoms with E-state index in [4.69, 9.17) is 11.6 Å². The van der Waals surface area contributed by atoms with E-state index in [1.807, 2.05) is 23.9 Å². The minimum atomic E-state index is 0.562. The van der Waals surface area contributed by atoms with Gasteiger partial charge in [0.05, 0.1) is 10.0 Å². The van der Waals surface area contributed by atoms with E-state index in [1.54, 1.807) is 6.20 Å². The average Bonchev–Trinajstić information content (AvgIpc) is 2.38. The standard InChI is InChI=1S/C14H23ClN2S/c1-4-7-12(16-6-3)13(5-2)18-14-9-8-11(15)10-17-14/h8-10,12-13,16H,4-7H2,1-3H3. The van der Waals surface area contributed by atoms with Crippen LogP contribution < -0.4 is 5.32 Å². The largest absolute Gasteiger partial charge is 0.313 e. The Kier molecular flexibility index (Phi) is 7.71. The van der Waals surface area contributed by atoms with Crippen molar-refractivity contribution in [2.45, 2.75) is 56.4 Å². The van der Waals surface area contributed by atoms with Gasteiger partial charge in [-0.3, -0.25) is 0 Å². The molecule has 102 valence electrons. The number of pyridine rings is 1. The molecular formula is C14H23ClN2S. The van der Waals surface area contributed by atoms with Crippen LogP contribution in [0.4, 0.5) is 0 Å². The van der Waals surface area contributed by atoms with Gasteiger partial charge in [0, 0.05) is 17.5 Å². The lowest BCUT2D eigenvalue weighted by atomic mass is 10.1. The highest BCUT2D eigenvalue weighted by molar-refractivity contribution is 7.99. The number of hydrogen-bond donors (Lipinski definition) is 1. The lowest BCUT2D eigenvalue weighted by molar-refractivity contribution is 0.465. The molecule has 1 N–H and O–H groups in total. The summed E-state index contributed by atoms with van der Waals surface area (Å²) in [5.74, 6) is 0. The van der Waals surface area contributed by atoms with Crippen LogP contribution in [0, 0.1) is 0 Å². The van der Waals surface area contributed by atoms with E-state index in [9.17, 15) is 0 Å². The third kappa shape index (κ3) is 5.17. The molecule has 0 aliphatic heterocycles. The normalized spacial score (nSPS) is 14.4. The molecule has 0 bridgehead atoms. The highest BCUT2D eigenvalue weighted by Crippen LogP contribution is 2.28. The Morgan fingerprint density at radius 3 is 2.61 bits per heavy atom. The Morgan fingerprint density at radius 2 is 2.11 bits per heavy atom. The quantitative estimate of drug-likeness (QED) is 0.718. The van der Waals surface area contributed by atoms with Crippen LogP contribution in [0.3, 0.4) is 0 Å². The monoisotopic (exact) mass is 286 g/mol. The van der Waals surface area contributed by atoms with E-state index in [0.29, 0.717) is 16.3 Å². The molecule has 1 rings (SSSR count). The first-order chi connectivity index (χ1) is 8.71. The summed E-state index contributed by atoms with van der Waals surface area (Å²) < 4.78 is 0. The maximum atomic E-state index is 5.86. The number of hydrogen-bond acceptors (Lipinski definition) is 3. The lowest BCUT2D eigenvalue weighted by Gasteiger charge is -2.26. The Hall–Kier alpha value is -0.250. The molecule has 0 radical (unpaired) electrons. The highest BCUT2D eigenvalue weighted by Gasteiger charge is 2.19. The summed E-state index contributed by atoms with van der Waals surface area (Å²) in [5, 5.41) is 5.92. The molecule has 0 saturated carbocycles. The molecule has 0 aliphatic rings. The molecule has 1 heterocycles. The van der Waals surface area contributed by atoms with Gasteiger partial charge in [0.15, 0.2) is 0 Å². The average molecular weight is 287 g/mol. The van der Waals surface area contributed by atoms with Crippen LogP contribution in [0.15, 0.2) is 23.4 Å². The zero-order valence-corrected chi connectivity index (χ0v) is 13.0. The number of nitrogens with zero attached hydrogens (tertiary/aromatic N) is 1. The summed E-state index contributed by atoms with van der Waals surface area (Å²) in [5.41, 5.74) is 0. The van der Waals surface area contributed by atoms with Crippen molar-refractivity contribution in [1.82, 2.24) is 10.3 Å². The number of halogens is 1. The second-order valence-electron chi connectivity index (χ2n) is 4.33. The molecule has 2 nitrogen and oxygen atoms in total. The number of rotatable bonds is 8. The lowest BCUT2D eigenvalue weighted by Crippen LogP contribution is -2.37. The minimum absolute atomic E-state index is 0.562. The first-order valence-electron chi connectivity index (χ1n) is 6.72. The molecule has 0 amide bonds. The van der Waals surface area contributed by atoms with Crippen molar-refractivity contribution < 1.29 is 0 Å². The van der Waals surface area contributed by atoms with E-state index in [2.05, 4.69) is 31.1 Å². The zero-order chi connectivity index (χ0) is 13.4. The molecule has 0 aromatic carbocycles. The highest BCUT2D eigenvalue weighted by atomic mass is 35.5. The van der Waals surface area contributed by atoms with Crippen LogP contribution in [0.25, 0.3) is 0 Å². The Balaban J connectivity index is 2.66. The molecular weight excluding hydrogens is 264 g/mol. The molecule has 0 aliphatic carbocycles. The molecule has 0 spiro atoms. The molecule has 18 heavy (non-hydrogen) atoms. The van der Waals surface area contributed by atoms with E-state index in [1.165, 1.54) is 12.8 Å². The number of thioether (sulfide) groups is 1. The van der Waals surface area contributed by atoms with Gasteiger partial charge in [-0.25, -0.2) is 4.98 Å². The van der Waals surface area contributed by atoms with Crippen molar-refractivity contribution in [1.29, 1.82) is 0 Å². The van der Waals surface area contributed by atoms with Crippen molar-refractivity contribution in [3.8, 4) is 0 Å². The van der Waals surface area contributed by atoms with E-state index >= 15 is 0 Å². The van der Waals surface area contributed by atoms with Crippen LogP contribution in [0.5, 0.6) is 0 Å². The summed E-state index contributed by atoms with van der Waals surface area (Å²) in [6, 6.07) is 4.48. The van der Waals surface area contributed by atoms with Gasteiger partial charge in [0.2, 0.25) is 0 Å². The fraction of sp³-hybridized carbons (Fsp3) is 0.643. The maximum Gasteiger partial charge on any atom is 0.0964 e. The predicted octanol–water partition coefficient (Wildman–Crippen LogP) is 4.38. The van der Waals surface area contributed by atoms with Crippen molar-refractivity contribution >= 4 is 23.4 Å². The van der Waals surface area contributed by atoms with Gasteiger partial charge in [0.1, 0.15) is 0 Å². The first kappa shape index (κ1) is 15.8. The summed E-state index contributed by atoms with van der Waals surface area (Å²) in [6.45, 7) is 7.67. The van der Waals surface area contributed by atoms with Crippen molar-refractivity contribution in [3.63, 3.8) is 0 Å². The smallest absolute Gasteiger partial charge is 0.0964 e. The fourth-order valence-corrected chi connectivity index (χ4v) is 3.28. The second-order valence-corrected chi connectivity index (χ2v) is 6.03. The van der Waals surface area contributed by atoms with Gasteiger partial charge in [-0.2, -0.15) is 0 Å². The molecule has 4 heteroatoms. The summed E-state index contributed by atoms with van der Waals surface area (Å²) in [4.78, 5) is 4.37. The van der Waals surface area contributed by atoms with E-state index in [-0.39, 0.29) is 0 Å². The summed E-state index contributed by atoms with van der Waals surface area (Å²) in [7, 11) is 0.